The molecule has 192 valence electrons. The molecule has 0 radical (unpaired) electrons. The highest BCUT2D eigenvalue weighted by Gasteiger charge is 2.36. The lowest BCUT2D eigenvalue weighted by Gasteiger charge is -2.36. The van der Waals surface area contributed by atoms with Gasteiger partial charge >= 0.3 is 5.97 Å². The molecule has 3 N–H and O–H groups in total. The minimum atomic E-state index is -1.18. The number of hydrogen-bond acceptors (Lipinski definition) is 5. The zero-order chi connectivity index (χ0) is 26.7. The first-order valence-corrected chi connectivity index (χ1v) is 12.0. The number of nitrogens with zero attached hydrogens (tertiary/aromatic N) is 2. The number of carbonyl (C=O) groups excluding carboxylic acids is 1. The normalized spacial score (nSPS) is 14.1. The van der Waals surface area contributed by atoms with E-state index in [-0.39, 0.29) is 24.6 Å². The Morgan fingerprint density at radius 1 is 1.11 bits per heavy atom. The van der Waals surface area contributed by atoms with E-state index in [1.807, 2.05) is 39.8 Å². The summed E-state index contributed by atoms with van der Waals surface area (Å²) in [5.74, 6) is -1.40. The molecule has 2 aromatic carbocycles. The molecule has 8 nitrogen and oxygen atoms in total. The Kier molecular flexibility index (Phi) is 8.11. The smallest absolute Gasteiger partial charge is 0.305 e. The highest BCUT2D eigenvalue weighted by molar-refractivity contribution is 6.32. The minimum Gasteiger partial charge on any atom is -0.481 e. The number of benzene rings is 2. The summed E-state index contributed by atoms with van der Waals surface area (Å²) in [5.41, 5.74) is 0.543. The van der Waals surface area contributed by atoms with Crippen molar-refractivity contribution in [2.75, 3.05) is 6.61 Å². The molecule has 36 heavy (non-hydrogen) atoms. The maximum atomic E-state index is 13.2. The molecule has 1 aromatic heterocycles. The molecule has 0 saturated heterocycles. The maximum absolute atomic E-state index is 13.2. The van der Waals surface area contributed by atoms with E-state index in [4.69, 9.17) is 16.3 Å². The Hall–Kier alpha value is -3.36. The van der Waals surface area contributed by atoms with Crippen molar-refractivity contribution in [1.82, 2.24) is 15.1 Å². The number of aromatic nitrogens is 2. The van der Waals surface area contributed by atoms with Gasteiger partial charge in [0.2, 0.25) is 5.88 Å². The average molecular weight is 514 g/mol. The van der Waals surface area contributed by atoms with Gasteiger partial charge in [-0.2, -0.15) is 9.78 Å². The summed E-state index contributed by atoms with van der Waals surface area (Å²) in [4.78, 5) is 24.7. The first kappa shape index (κ1) is 27.2. The van der Waals surface area contributed by atoms with Crippen LogP contribution in [0, 0.1) is 12.3 Å². The molecule has 2 atom stereocenters. The fourth-order valence-electron chi connectivity index (χ4n) is 3.26. The molecule has 1 heterocycles. The number of hydrogen-bond donors (Lipinski definition) is 3. The van der Waals surface area contributed by atoms with E-state index in [0.717, 1.165) is 5.56 Å². The molecule has 0 fully saturated rings. The third-order valence-electron chi connectivity index (χ3n) is 6.27. The number of ether oxygens (including phenoxy) is 1. The van der Waals surface area contributed by atoms with E-state index < -0.39 is 28.9 Å². The van der Waals surface area contributed by atoms with Crippen LogP contribution in [0.15, 0.2) is 54.6 Å². The Morgan fingerprint density at radius 2 is 1.75 bits per heavy atom. The van der Waals surface area contributed by atoms with Crippen molar-refractivity contribution in [3.8, 4) is 11.6 Å². The van der Waals surface area contributed by atoms with Crippen molar-refractivity contribution in [1.29, 1.82) is 0 Å². The van der Waals surface area contributed by atoms with E-state index in [9.17, 15) is 19.8 Å². The summed E-state index contributed by atoms with van der Waals surface area (Å²) in [6.45, 7) is 9.23. The molecule has 0 unspecified atom stereocenters. The highest BCUT2D eigenvalue weighted by Crippen LogP contribution is 2.32. The van der Waals surface area contributed by atoms with Crippen LogP contribution >= 0.6 is 11.6 Å². The standard InChI is InChI=1S/C27H32ClN3O5/c1-17-10-12-18(13-11-17)20(15-24(32)33)29-25(34)21-14-23(36-16-27(5,35)26(2,3)4)31(30-21)22-9-7-6-8-19(22)28/h6-14,20,35H,15-16H2,1-5H3,(H,29,34)(H,32,33)/t20-,27-/m0/s1. The van der Waals surface area contributed by atoms with E-state index >= 15 is 0 Å². The van der Waals surface area contributed by atoms with Crippen molar-refractivity contribution < 1.29 is 24.5 Å². The molecule has 9 heteroatoms. The molecule has 0 spiro atoms. The van der Waals surface area contributed by atoms with Crippen molar-refractivity contribution >= 4 is 23.5 Å². The maximum Gasteiger partial charge on any atom is 0.305 e. The Balaban J connectivity index is 1.95. The number of rotatable bonds is 9. The summed E-state index contributed by atoms with van der Waals surface area (Å²) >= 11 is 6.39. The lowest BCUT2D eigenvalue weighted by Crippen LogP contribution is -2.45. The van der Waals surface area contributed by atoms with Crippen LogP contribution in [-0.2, 0) is 4.79 Å². The Labute approximate surface area is 215 Å². The summed E-state index contributed by atoms with van der Waals surface area (Å²) in [6.07, 6.45) is -0.294. The van der Waals surface area contributed by atoms with Crippen molar-refractivity contribution in [3.05, 3.63) is 76.4 Å². The van der Waals surface area contributed by atoms with Gasteiger partial charge < -0.3 is 20.3 Å². The van der Waals surface area contributed by atoms with Gasteiger partial charge in [-0.3, -0.25) is 9.59 Å². The SMILES string of the molecule is Cc1ccc([C@H](CC(=O)O)NC(=O)c2cc(OC[C@](C)(O)C(C)(C)C)n(-c3ccccc3Cl)n2)cc1. The van der Waals surface area contributed by atoms with Crippen LogP contribution < -0.4 is 10.1 Å². The summed E-state index contributed by atoms with van der Waals surface area (Å²) in [7, 11) is 0. The van der Waals surface area contributed by atoms with Crippen LogP contribution in [0.1, 0.15) is 61.8 Å². The zero-order valence-electron chi connectivity index (χ0n) is 21.1. The molecular weight excluding hydrogens is 482 g/mol. The number of amides is 1. The highest BCUT2D eigenvalue weighted by atomic mass is 35.5. The second-order valence-electron chi connectivity index (χ2n) is 10.1. The number of nitrogens with one attached hydrogen (secondary N) is 1. The average Bonchev–Trinajstić information content (AvgIpc) is 3.21. The van der Waals surface area contributed by atoms with Gasteiger partial charge in [0.25, 0.3) is 5.91 Å². The van der Waals surface area contributed by atoms with E-state index in [2.05, 4.69) is 10.4 Å². The molecule has 0 aliphatic heterocycles. The van der Waals surface area contributed by atoms with Crippen LogP contribution in [0.2, 0.25) is 5.02 Å². The van der Waals surface area contributed by atoms with Gasteiger partial charge in [-0.1, -0.05) is 74.3 Å². The number of carbonyl (C=O) groups is 2. The largest absolute Gasteiger partial charge is 0.481 e. The number of aryl methyl sites for hydroxylation is 1. The molecule has 0 aliphatic rings. The number of carboxylic acid groups (broad SMARTS) is 1. The van der Waals surface area contributed by atoms with Crippen molar-refractivity contribution in [2.45, 2.75) is 52.7 Å². The van der Waals surface area contributed by atoms with Crippen LogP contribution in [0.25, 0.3) is 5.69 Å². The predicted octanol–water partition coefficient (Wildman–Crippen LogP) is 4.96. The van der Waals surface area contributed by atoms with Gasteiger partial charge in [0.15, 0.2) is 5.69 Å². The monoisotopic (exact) mass is 513 g/mol. The first-order chi connectivity index (χ1) is 16.8. The van der Waals surface area contributed by atoms with E-state index in [1.54, 1.807) is 43.3 Å². The van der Waals surface area contributed by atoms with Crippen molar-refractivity contribution in [3.63, 3.8) is 0 Å². The second kappa shape index (κ2) is 10.7. The van der Waals surface area contributed by atoms with Crippen LogP contribution in [0.5, 0.6) is 5.88 Å². The molecule has 1 amide bonds. The number of aliphatic carboxylic acids is 1. The number of halogens is 1. The molecule has 3 aromatic rings. The fraction of sp³-hybridized carbons (Fsp3) is 0.370. The van der Waals surface area contributed by atoms with Gasteiger partial charge in [0, 0.05) is 6.07 Å². The molecular formula is C27H32ClN3O5. The van der Waals surface area contributed by atoms with Gasteiger partial charge in [0.1, 0.15) is 12.2 Å². The molecule has 0 saturated carbocycles. The lowest BCUT2D eigenvalue weighted by molar-refractivity contribution is -0.137. The molecule has 3 rings (SSSR count). The molecule has 0 aliphatic carbocycles. The second-order valence-corrected chi connectivity index (χ2v) is 10.5. The van der Waals surface area contributed by atoms with Crippen molar-refractivity contribution in [2.24, 2.45) is 5.41 Å². The van der Waals surface area contributed by atoms with Crippen LogP contribution in [0.3, 0.4) is 0 Å². The number of aliphatic hydroxyl groups is 1. The van der Waals surface area contributed by atoms with Gasteiger partial charge in [-0.05, 0) is 37.0 Å². The predicted molar refractivity (Wildman–Crippen MR) is 138 cm³/mol. The Morgan fingerprint density at radius 3 is 2.33 bits per heavy atom. The van der Waals surface area contributed by atoms with Gasteiger partial charge in [-0.25, -0.2) is 0 Å². The van der Waals surface area contributed by atoms with E-state index in [1.165, 1.54) is 10.7 Å². The third kappa shape index (κ3) is 6.44. The summed E-state index contributed by atoms with van der Waals surface area (Å²) < 4.78 is 7.35. The quantitative estimate of drug-likeness (QED) is 0.373. The summed E-state index contributed by atoms with van der Waals surface area (Å²) in [6, 6.07) is 14.9. The number of para-hydroxylation sites is 1. The lowest BCUT2D eigenvalue weighted by atomic mass is 9.78. The first-order valence-electron chi connectivity index (χ1n) is 11.6. The van der Waals surface area contributed by atoms with Crippen LogP contribution in [-0.4, -0.2) is 44.1 Å². The Bertz CT molecular complexity index is 1230. The fourth-order valence-corrected chi connectivity index (χ4v) is 3.48. The summed E-state index contributed by atoms with van der Waals surface area (Å²) in [5, 5.41) is 27.8. The van der Waals surface area contributed by atoms with Crippen LogP contribution in [0.4, 0.5) is 0 Å². The minimum absolute atomic E-state index is 0.0165. The topological polar surface area (TPSA) is 114 Å². The zero-order valence-corrected chi connectivity index (χ0v) is 21.8. The van der Waals surface area contributed by atoms with E-state index in [0.29, 0.717) is 16.3 Å². The third-order valence-corrected chi connectivity index (χ3v) is 6.59. The van der Waals surface area contributed by atoms with Gasteiger partial charge in [0.05, 0.1) is 23.2 Å². The molecule has 0 bridgehead atoms. The number of carboxylic acids is 1. The van der Waals surface area contributed by atoms with Gasteiger partial charge in [-0.15, -0.1) is 0 Å².